The Morgan fingerprint density at radius 2 is 1.69 bits per heavy atom. The Labute approximate surface area is 185 Å². The lowest BCUT2D eigenvalue weighted by Crippen LogP contribution is -2.37. The summed E-state index contributed by atoms with van der Waals surface area (Å²) in [5, 5.41) is 5.67. The standard InChI is InChI=1S/C24H24N6O2/c1-16(31)29-13-11-18(12-14-29)30-24-21(23(25)26-15-27-24)22(28-30)17-7-9-20(10-8-17)32-19-5-3-2-4-6-19/h2-10,15,18H,11-14H2,1H3,(H2,25,26,27). The van der Waals surface area contributed by atoms with Crippen molar-refractivity contribution in [2.75, 3.05) is 18.8 Å². The summed E-state index contributed by atoms with van der Waals surface area (Å²) in [6.45, 7) is 3.03. The summed E-state index contributed by atoms with van der Waals surface area (Å²) in [5.74, 6) is 2.04. The summed E-state index contributed by atoms with van der Waals surface area (Å²) in [7, 11) is 0. The quantitative estimate of drug-likeness (QED) is 0.526. The van der Waals surface area contributed by atoms with Crippen molar-refractivity contribution >= 4 is 22.8 Å². The second-order valence-electron chi connectivity index (χ2n) is 7.93. The molecular weight excluding hydrogens is 404 g/mol. The summed E-state index contributed by atoms with van der Waals surface area (Å²) < 4.78 is 7.86. The summed E-state index contributed by atoms with van der Waals surface area (Å²) >= 11 is 0. The Balaban J connectivity index is 1.47. The molecule has 0 aliphatic carbocycles. The minimum atomic E-state index is 0.110. The molecule has 2 aromatic heterocycles. The number of nitrogen functional groups attached to an aromatic ring is 1. The van der Waals surface area contributed by atoms with Gasteiger partial charge < -0.3 is 15.4 Å². The Morgan fingerprint density at radius 3 is 2.38 bits per heavy atom. The Morgan fingerprint density at radius 1 is 1.00 bits per heavy atom. The summed E-state index contributed by atoms with van der Waals surface area (Å²) in [6, 6.07) is 17.6. The monoisotopic (exact) mass is 428 g/mol. The smallest absolute Gasteiger partial charge is 0.219 e. The van der Waals surface area contributed by atoms with Gasteiger partial charge in [0.1, 0.15) is 29.3 Å². The molecule has 5 rings (SSSR count). The van der Waals surface area contributed by atoms with Crippen molar-refractivity contribution in [2.45, 2.75) is 25.8 Å². The third-order valence-electron chi connectivity index (χ3n) is 5.88. The first-order valence-electron chi connectivity index (χ1n) is 10.7. The molecule has 0 radical (unpaired) electrons. The van der Waals surface area contributed by atoms with Crippen molar-refractivity contribution in [3.05, 3.63) is 60.9 Å². The van der Waals surface area contributed by atoms with Gasteiger partial charge in [-0.05, 0) is 49.2 Å². The Hall–Kier alpha value is -3.94. The van der Waals surface area contributed by atoms with Crippen molar-refractivity contribution in [3.8, 4) is 22.8 Å². The maximum Gasteiger partial charge on any atom is 0.219 e. The predicted octanol–water partition coefficient (Wildman–Crippen LogP) is 4.05. The van der Waals surface area contributed by atoms with E-state index in [0.717, 1.165) is 46.6 Å². The zero-order valence-corrected chi connectivity index (χ0v) is 17.8. The minimum Gasteiger partial charge on any atom is -0.457 e. The highest BCUT2D eigenvalue weighted by atomic mass is 16.5. The van der Waals surface area contributed by atoms with Gasteiger partial charge in [0.2, 0.25) is 5.91 Å². The van der Waals surface area contributed by atoms with Crippen LogP contribution in [0.1, 0.15) is 25.8 Å². The van der Waals surface area contributed by atoms with Crippen molar-refractivity contribution in [3.63, 3.8) is 0 Å². The number of hydrogen-bond acceptors (Lipinski definition) is 6. The number of nitrogens with two attached hydrogens (primary N) is 1. The number of rotatable bonds is 4. The molecule has 32 heavy (non-hydrogen) atoms. The average Bonchev–Trinajstić information content (AvgIpc) is 3.21. The van der Waals surface area contributed by atoms with E-state index in [0.29, 0.717) is 18.9 Å². The van der Waals surface area contributed by atoms with Crippen LogP contribution in [0.2, 0.25) is 0 Å². The van der Waals surface area contributed by atoms with Crippen molar-refractivity contribution in [1.82, 2.24) is 24.6 Å². The van der Waals surface area contributed by atoms with Crippen LogP contribution < -0.4 is 10.5 Å². The maximum atomic E-state index is 11.7. The third kappa shape index (κ3) is 3.75. The molecule has 0 bridgehead atoms. The Kier molecular flexibility index (Phi) is 5.18. The van der Waals surface area contributed by atoms with Crippen LogP contribution in [0, 0.1) is 0 Å². The fourth-order valence-corrected chi connectivity index (χ4v) is 4.18. The highest BCUT2D eigenvalue weighted by molar-refractivity contribution is 5.98. The molecule has 0 saturated carbocycles. The zero-order chi connectivity index (χ0) is 22.1. The number of carbonyl (C=O) groups is 1. The fraction of sp³-hybridized carbons (Fsp3) is 0.250. The van der Waals surface area contributed by atoms with Crippen molar-refractivity contribution < 1.29 is 9.53 Å². The number of anilines is 1. The van der Waals surface area contributed by atoms with Gasteiger partial charge in [0.05, 0.1) is 11.4 Å². The predicted molar refractivity (Wildman–Crippen MR) is 122 cm³/mol. The van der Waals surface area contributed by atoms with E-state index in [1.165, 1.54) is 6.33 Å². The van der Waals surface area contributed by atoms with Crippen LogP contribution in [0.3, 0.4) is 0 Å². The van der Waals surface area contributed by atoms with Crippen LogP contribution in [-0.2, 0) is 4.79 Å². The fourth-order valence-electron chi connectivity index (χ4n) is 4.18. The molecule has 2 aromatic carbocycles. The molecule has 0 unspecified atom stereocenters. The van der Waals surface area contributed by atoms with Crippen LogP contribution in [0.25, 0.3) is 22.3 Å². The molecule has 4 aromatic rings. The highest BCUT2D eigenvalue weighted by Crippen LogP contribution is 2.35. The van der Waals surface area contributed by atoms with Gasteiger partial charge in [-0.15, -0.1) is 0 Å². The molecule has 1 aliphatic heterocycles. The normalized spacial score (nSPS) is 14.6. The number of likely N-dealkylation sites (tertiary alicyclic amines) is 1. The number of piperidine rings is 1. The molecule has 1 saturated heterocycles. The molecule has 1 amide bonds. The lowest BCUT2D eigenvalue weighted by molar-refractivity contribution is -0.130. The van der Waals surface area contributed by atoms with E-state index in [4.69, 9.17) is 15.6 Å². The number of fused-ring (bicyclic) bond motifs is 1. The molecule has 0 atom stereocenters. The van der Waals surface area contributed by atoms with Crippen LogP contribution in [-0.4, -0.2) is 43.6 Å². The van der Waals surface area contributed by atoms with E-state index >= 15 is 0 Å². The SMILES string of the molecule is CC(=O)N1CCC(n2nc(-c3ccc(Oc4ccccc4)cc3)c3c(N)ncnc32)CC1. The summed E-state index contributed by atoms with van der Waals surface area (Å²) in [5.41, 5.74) is 8.63. The topological polar surface area (TPSA) is 99.2 Å². The lowest BCUT2D eigenvalue weighted by Gasteiger charge is -2.31. The van der Waals surface area contributed by atoms with E-state index < -0.39 is 0 Å². The first-order chi connectivity index (χ1) is 15.6. The van der Waals surface area contributed by atoms with Gasteiger partial charge in [0, 0.05) is 25.6 Å². The van der Waals surface area contributed by atoms with Gasteiger partial charge >= 0.3 is 0 Å². The molecule has 2 N–H and O–H groups in total. The van der Waals surface area contributed by atoms with E-state index in [2.05, 4.69) is 9.97 Å². The molecular formula is C24H24N6O2. The van der Waals surface area contributed by atoms with Gasteiger partial charge in [-0.25, -0.2) is 14.6 Å². The summed E-state index contributed by atoms with van der Waals surface area (Å²) in [4.78, 5) is 22.3. The Bertz CT molecular complexity index is 1240. The number of nitrogens with zero attached hydrogens (tertiary/aromatic N) is 5. The summed E-state index contributed by atoms with van der Waals surface area (Å²) in [6.07, 6.45) is 3.12. The molecule has 162 valence electrons. The molecule has 3 heterocycles. The van der Waals surface area contributed by atoms with E-state index in [1.807, 2.05) is 64.2 Å². The average molecular weight is 428 g/mol. The minimum absolute atomic E-state index is 0.110. The van der Waals surface area contributed by atoms with Gasteiger partial charge in [0.15, 0.2) is 5.65 Å². The van der Waals surface area contributed by atoms with Crippen LogP contribution in [0.15, 0.2) is 60.9 Å². The van der Waals surface area contributed by atoms with Gasteiger partial charge in [0.25, 0.3) is 0 Å². The number of carbonyl (C=O) groups excluding carboxylic acids is 1. The molecule has 8 heteroatoms. The van der Waals surface area contributed by atoms with E-state index in [-0.39, 0.29) is 11.9 Å². The lowest BCUT2D eigenvalue weighted by atomic mass is 10.1. The second kappa shape index (κ2) is 8.30. The number of aromatic nitrogens is 4. The number of benzene rings is 2. The number of hydrogen-bond donors (Lipinski definition) is 1. The number of ether oxygens (including phenoxy) is 1. The van der Waals surface area contributed by atoms with Gasteiger partial charge in [-0.3, -0.25) is 4.79 Å². The van der Waals surface area contributed by atoms with Crippen molar-refractivity contribution in [1.29, 1.82) is 0 Å². The first kappa shape index (κ1) is 20.0. The van der Waals surface area contributed by atoms with Crippen molar-refractivity contribution in [2.24, 2.45) is 0 Å². The maximum absolute atomic E-state index is 11.7. The molecule has 1 fully saturated rings. The van der Waals surface area contributed by atoms with Gasteiger partial charge in [-0.1, -0.05) is 18.2 Å². The second-order valence-corrected chi connectivity index (χ2v) is 7.93. The molecule has 8 nitrogen and oxygen atoms in total. The van der Waals surface area contributed by atoms with Crippen LogP contribution in [0.5, 0.6) is 11.5 Å². The largest absolute Gasteiger partial charge is 0.457 e. The molecule has 1 aliphatic rings. The number of para-hydroxylation sites is 1. The molecule has 0 spiro atoms. The van der Waals surface area contributed by atoms with E-state index in [9.17, 15) is 4.79 Å². The third-order valence-corrected chi connectivity index (χ3v) is 5.88. The van der Waals surface area contributed by atoms with Crippen LogP contribution in [0.4, 0.5) is 5.82 Å². The highest BCUT2D eigenvalue weighted by Gasteiger charge is 2.26. The van der Waals surface area contributed by atoms with Gasteiger partial charge in [-0.2, -0.15) is 5.10 Å². The van der Waals surface area contributed by atoms with Crippen LogP contribution >= 0.6 is 0 Å². The number of amides is 1. The first-order valence-corrected chi connectivity index (χ1v) is 10.7. The zero-order valence-electron chi connectivity index (χ0n) is 17.8. The van der Waals surface area contributed by atoms with E-state index in [1.54, 1.807) is 6.92 Å².